The molecule has 9 heteroatoms. The van der Waals surface area contributed by atoms with E-state index in [1.165, 1.54) is 16.7 Å². The fourth-order valence-electron chi connectivity index (χ4n) is 3.66. The molecule has 1 unspecified atom stereocenters. The van der Waals surface area contributed by atoms with Gasteiger partial charge >= 0.3 is 5.97 Å². The predicted molar refractivity (Wildman–Crippen MR) is 133 cm³/mol. The molecule has 0 aliphatic carbocycles. The van der Waals surface area contributed by atoms with Crippen molar-refractivity contribution >= 4 is 29.3 Å². The van der Waals surface area contributed by atoms with Gasteiger partial charge in [-0.05, 0) is 36.8 Å². The largest absolute Gasteiger partial charge is 0.462 e. The summed E-state index contributed by atoms with van der Waals surface area (Å²) in [6.07, 6.45) is 0.933. The van der Waals surface area contributed by atoms with E-state index in [9.17, 15) is 9.59 Å². The van der Waals surface area contributed by atoms with Crippen molar-refractivity contribution in [2.75, 3.05) is 31.8 Å². The molecule has 0 saturated carbocycles. The molecule has 0 aliphatic rings. The van der Waals surface area contributed by atoms with Crippen LogP contribution < -0.4 is 10.2 Å². The lowest BCUT2D eigenvalue weighted by Gasteiger charge is -2.20. The zero-order valence-corrected chi connectivity index (χ0v) is 20.9. The first-order valence-corrected chi connectivity index (χ1v) is 12.4. The van der Waals surface area contributed by atoms with Crippen molar-refractivity contribution in [3.63, 3.8) is 0 Å². The summed E-state index contributed by atoms with van der Waals surface area (Å²) in [5, 5.41) is 12.5. The Morgan fingerprint density at radius 2 is 1.76 bits per heavy atom. The highest BCUT2D eigenvalue weighted by Gasteiger charge is 2.25. The number of nitrogens with zero attached hydrogens (tertiary/aromatic N) is 3. The first-order valence-electron chi connectivity index (χ1n) is 11.4. The lowest BCUT2D eigenvalue weighted by atomic mass is 10.2. The number of thioether (sulfide) groups is 1. The Morgan fingerprint density at radius 3 is 2.38 bits per heavy atom. The SMILES string of the molecule is CCOC(=O)c1ccc(NC(=O)CSc2nnc(C(CC)[NH+](C)C)n2Cc2ccccc2)cc1. The molecule has 0 aliphatic heterocycles. The van der Waals surface area contributed by atoms with Crippen LogP contribution in [-0.2, 0) is 16.1 Å². The minimum Gasteiger partial charge on any atom is -0.462 e. The predicted octanol–water partition coefficient (Wildman–Crippen LogP) is 2.83. The third-order valence-electron chi connectivity index (χ3n) is 5.36. The minimum absolute atomic E-state index is 0.157. The van der Waals surface area contributed by atoms with E-state index >= 15 is 0 Å². The smallest absolute Gasteiger partial charge is 0.338 e. The van der Waals surface area contributed by atoms with Gasteiger partial charge in [-0.1, -0.05) is 49.0 Å². The molecule has 2 N–H and O–H groups in total. The highest BCUT2D eigenvalue weighted by molar-refractivity contribution is 7.99. The Labute approximate surface area is 204 Å². The Bertz CT molecular complexity index is 1080. The Hall–Kier alpha value is -3.17. The third kappa shape index (κ3) is 6.68. The number of carbonyl (C=O) groups is 2. The highest BCUT2D eigenvalue weighted by Crippen LogP contribution is 2.23. The fraction of sp³-hybridized carbons (Fsp3) is 0.360. The number of quaternary nitrogens is 1. The van der Waals surface area contributed by atoms with Crippen LogP contribution in [0.25, 0.3) is 0 Å². The van der Waals surface area contributed by atoms with Gasteiger partial charge in [0.1, 0.15) is 6.04 Å². The van der Waals surface area contributed by atoms with Gasteiger partial charge in [-0.15, -0.1) is 10.2 Å². The quantitative estimate of drug-likeness (QED) is 0.323. The number of esters is 1. The van der Waals surface area contributed by atoms with Crippen molar-refractivity contribution in [2.24, 2.45) is 0 Å². The van der Waals surface area contributed by atoms with E-state index in [0.29, 0.717) is 29.6 Å². The zero-order valence-electron chi connectivity index (χ0n) is 20.1. The molecule has 8 nitrogen and oxygen atoms in total. The van der Waals surface area contributed by atoms with Gasteiger partial charge in [0.2, 0.25) is 5.91 Å². The second-order valence-electron chi connectivity index (χ2n) is 8.09. The van der Waals surface area contributed by atoms with Crippen molar-refractivity contribution in [2.45, 2.75) is 38.0 Å². The van der Waals surface area contributed by atoms with Crippen LogP contribution in [0.5, 0.6) is 0 Å². The van der Waals surface area contributed by atoms with Crippen LogP contribution in [-0.4, -0.2) is 53.1 Å². The summed E-state index contributed by atoms with van der Waals surface area (Å²) in [5.41, 5.74) is 2.22. The molecule has 3 rings (SSSR count). The van der Waals surface area contributed by atoms with Gasteiger partial charge in [0.15, 0.2) is 11.0 Å². The normalized spacial score (nSPS) is 11.9. The summed E-state index contributed by atoms with van der Waals surface area (Å²) < 4.78 is 7.10. The molecule has 1 aromatic heterocycles. The van der Waals surface area contributed by atoms with Gasteiger partial charge in [0.25, 0.3) is 0 Å². The summed E-state index contributed by atoms with van der Waals surface area (Å²) in [7, 11) is 4.23. The molecule has 0 radical (unpaired) electrons. The number of ether oxygens (including phenoxy) is 1. The molecular formula is C25H32N5O3S+. The molecule has 0 saturated heterocycles. The van der Waals surface area contributed by atoms with Crippen molar-refractivity contribution < 1.29 is 19.2 Å². The molecule has 1 atom stereocenters. The van der Waals surface area contributed by atoms with E-state index in [0.717, 1.165) is 17.8 Å². The molecular weight excluding hydrogens is 450 g/mol. The monoisotopic (exact) mass is 482 g/mol. The molecule has 0 fully saturated rings. The average Bonchev–Trinajstić information content (AvgIpc) is 3.21. The fourth-order valence-corrected chi connectivity index (χ4v) is 4.40. The van der Waals surface area contributed by atoms with Gasteiger partial charge in [-0.25, -0.2) is 4.79 Å². The number of aromatic nitrogens is 3. The molecule has 1 heterocycles. The standard InChI is InChI=1S/C25H31N5O3S/c1-5-21(29(3)4)23-27-28-25(30(23)16-18-10-8-7-9-11-18)34-17-22(31)26-20-14-12-19(13-15-20)24(32)33-6-2/h7-15,21H,5-6,16-17H2,1-4H3,(H,26,31)/p+1. The van der Waals surface area contributed by atoms with Crippen LogP contribution in [0.15, 0.2) is 59.8 Å². The number of hydrogen-bond acceptors (Lipinski definition) is 6. The van der Waals surface area contributed by atoms with Crippen molar-refractivity contribution in [3.05, 3.63) is 71.5 Å². The number of rotatable bonds is 11. The number of amides is 1. The maximum atomic E-state index is 12.6. The molecule has 180 valence electrons. The molecule has 1 amide bonds. The van der Waals surface area contributed by atoms with E-state index in [4.69, 9.17) is 4.74 Å². The number of anilines is 1. The van der Waals surface area contributed by atoms with Crippen molar-refractivity contribution in [1.82, 2.24) is 14.8 Å². The van der Waals surface area contributed by atoms with Gasteiger partial charge in [0, 0.05) is 12.1 Å². The molecule has 3 aromatic rings. The molecule has 2 aromatic carbocycles. The van der Waals surface area contributed by atoms with E-state index < -0.39 is 0 Å². The molecule has 0 bridgehead atoms. The second kappa shape index (κ2) is 12.3. The summed E-state index contributed by atoms with van der Waals surface area (Å²) >= 11 is 1.36. The van der Waals surface area contributed by atoms with Crippen LogP contribution in [0.2, 0.25) is 0 Å². The summed E-state index contributed by atoms with van der Waals surface area (Å²) in [4.78, 5) is 25.7. The summed E-state index contributed by atoms with van der Waals surface area (Å²) in [6, 6.07) is 17.0. The first-order chi connectivity index (χ1) is 16.4. The number of carbonyl (C=O) groups excluding carboxylic acids is 2. The maximum absolute atomic E-state index is 12.6. The minimum atomic E-state index is -0.380. The van der Waals surface area contributed by atoms with Crippen molar-refractivity contribution in [1.29, 1.82) is 0 Å². The Morgan fingerprint density at radius 1 is 1.06 bits per heavy atom. The molecule has 0 spiro atoms. The Balaban J connectivity index is 1.70. The second-order valence-corrected chi connectivity index (χ2v) is 9.03. The zero-order chi connectivity index (χ0) is 24.5. The number of hydrogen-bond donors (Lipinski definition) is 2. The lowest BCUT2D eigenvalue weighted by Crippen LogP contribution is -3.06. The van der Waals surface area contributed by atoms with Crippen LogP contribution in [0.1, 0.15) is 48.1 Å². The van der Waals surface area contributed by atoms with Crippen LogP contribution in [0.4, 0.5) is 5.69 Å². The summed E-state index contributed by atoms with van der Waals surface area (Å²) in [5.74, 6) is 0.575. The van der Waals surface area contributed by atoms with Gasteiger partial charge in [-0.3, -0.25) is 9.36 Å². The van der Waals surface area contributed by atoms with Crippen LogP contribution >= 0.6 is 11.8 Å². The van der Waals surface area contributed by atoms with Crippen LogP contribution in [0, 0.1) is 0 Å². The average molecular weight is 483 g/mol. The maximum Gasteiger partial charge on any atom is 0.338 e. The van der Waals surface area contributed by atoms with Gasteiger partial charge in [0.05, 0.1) is 38.6 Å². The first kappa shape index (κ1) is 25.5. The van der Waals surface area contributed by atoms with Crippen LogP contribution in [0.3, 0.4) is 0 Å². The summed E-state index contributed by atoms with van der Waals surface area (Å²) in [6.45, 7) is 4.87. The topological polar surface area (TPSA) is 90.5 Å². The van der Waals surface area contributed by atoms with Gasteiger partial charge < -0.3 is 15.0 Å². The third-order valence-corrected chi connectivity index (χ3v) is 6.32. The Kier molecular flexibility index (Phi) is 9.24. The van der Waals surface area contributed by atoms with Crippen molar-refractivity contribution in [3.8, 4) is 0 Å². The number of benzene rings is 2. The van der Waals surface area contributed by atoms with E-state index in [1.807, 2.05) is 18.2 Å². The van der Waals surface area contributed by atoms with Gasteiger partial charge in [-0.2, -0.15) is 0 Å². The lowest BCUT2D eigenvalue weighted by molar-refractivity contribution is -0.893. The number of nitrogens with one attached hydrogen (secondary N) is 2. The van der Waals surface area contributed by atoms with E-state index in [2.05, 4.69) is 53.2 Å². The van der Waals surface area contributed by atoms with E-state index in [1.54, 1.807) is 31.2 Å². The van der Waals surface area contributed by atoms with E-state index in [-0.39, 0.29) is 23.7 Å². The highest BCUT2D eigenvalue weighted by atomic mass is 32.2. The molecule has 34 heavy (non-hydrogen) atoms.